The van der Waals surface area contributed by atoms with E-state index in [2.05, 4.69) is 4.98 Å². The van der Waals surface area contributed by atoms with Crippen molar-refractivity contribution in [3.8, 4) is 17.0 Å². The van der Waals surface area contributed by atoms with Crippen molar-refractivity contribution in [1.82, 2.24) is 19.4 Å². The van der Waals surface area contributed by atoms with E-state index in [-0.39, 0.29) is 23.7 Å². The van der Waals surface area contributed by atoms with E-state index in [1.807, 2.05) is 4.90 Å². The first-order valence-electron chi connectivity index (χ1n) is 8.32. The molecule has 25 heavy (non-hydrogen) atoms. The van der Waals surface area contributed by atoms with E-state index in [4.69, 9.17) is 0 Å². The minimum Gasteiger partial charge on any atom is -0.508 e. The molecule has 2 amide bonds. The Labute approximate surface area is 146 Å². The Balaban J connectivity index is 1.67. The SMILES string of the molecule is CC(=O)N1CCC(N(C)C(=O)n2cnc(-c3ccc(O)cc3)c2)CC1. The van der Waals surface area contributed by atoms with Crippen LogP contribution in [0.15, 0.2) is 36.8 Å². The highest BCUT2D eigenvalue weighted by Crippen LogP contribution is 2.21. The number of amides is 2. The van der Waals surface area contributed by atoms with E-state index in [1.54, 1.807) is 49.3 Å². The molecule has 1 fully saturated rings. The van der Waals surface area contributed by atoms with Gasteiger partial charge in [0.2, 0.25) is 5.91 Å². The van der Waals surface area contributed by atoms with Gasteiger partial charge in [0.15, 0.2) is 0 Å². The fraction of sp³-hybridized carbons (Fsp3) is 0.389. The number of piperidine rings is 1. The fourth-order valence-corrected chi connectivity index (χ4v) is 3.12. The zero-order chi connectivity index (χ0) is 18.0. The van der Waals surface area contributed by atoms with Gasteiger partial charge >= 0.3 is 6.03 Å². The molecule has 0 spiro atoms. The predicted molar refractivity (Wildman–Crippen MR) is 93.2 cm³/mol. The molecule has 0 aliphatic carbocycles. The summed E-state index contributed by atoms with van der Waals surface area (Å²) in [5.74, 6) is 0.275. The van der Waals surface area contributed by atoms with E-state index in [1.165, 1.54) is 10.9 Å². The third-order valence-corrected chi connectivity index (χ3v) is 4.73. The highest BCUT2D eigenvalue weighted by atomic mass is 16.3. The summed E-state index contributed by atoms with van der Waals surface area (Å²) in [5.41, 5.74) is 1.51. The second kappa shape index (κ2) is 6.96. The van der Waals surface area contributed by atoms with Crippen LogP contribution in [0.4, 0.5) is 4.79 Å². The average molecular weight is 342 g/mol. The monoisotopic (exact) mass is 342 g/mol. The quantitative estimate of drug-likeness (QED) is 0.907. The summed E-state index contributed by atoms with van der Waals surface area (Å²) in [6.07, 6.45) is 4.75. The van der Waals surface area contributed by atoms with E-state index in [0.717, 1.165) is 18.4 Å². The molecule has 7 nitrogen and oxygen atoms in total. The molecule has 0 unspecified atom stereocenters. The van der Waals surface area contributed by atoms with Gasteiger partial charge in [-0.15, -0.1) is 0 Å². The van der Waals surface area contributed by atoms with Gasteiger partial charge in [0.25, 0.3) is 0 Å². The first kappa shape index (κ1) is 17.0. The molecule has 1 aromatic heterocycles. The molecule has 7 heteroatoms. The van der Waals surface area contributed by atoms with Crippen LogP contribution >= 0.6 is 0 Å². The van der Waals surface area contributed by atoms with Crippen LogP contribution in [0.3, 0.4) is 0 Å². The van der Waals surface area contributed by atoms with E-state index in [9.17, 15) is 14.7 Å². The molecule has 2 aromatic rings. The van der Waals surface area contributed by atoms with E-state index in [0.29, 0.717) is 18.8 Å². The number of hydrogen-bond donors (Lipinski definition) is 1. The van der Waals surface area contributed by atoms with Gasteiger partial charge in [0, 0.05) is 44.9 Å². The third-order valence-electron chi connectivity index (χ3n) is 4.73. The standard InChI is InChI=1S/C18H22N4O3/c1-13(23)21-9-7-15(8-10-21)20(2)18(25)22-11-17(19-12-22)14-3-5-16(24)6-4-14/h3-6,11-12,15,24H,7-10H2,1-2H3. The first-order valence-corrected chi connectivity index (χ1v) is 8.32. The summed E-state index contributed by atoms with van der Waals surface area (Å²) in [6, 6.07) is 6.67. The molecule has 1 N–H and O–H groups in total. The lowest BCUT2D eigenvalue weighted by Crippen LogP contribution is -2.47. The number of aromatic hydroxyl groups is 1. The second-order valence-electron chi connectivity index (χ2n) is 6.34. The highest BCUT2D eigenvalue weighted by Gasteiger charge is 2.27. The van der Waals surface area contributed by atoms with E-state index >= 15 is 0 Å². The Kier molecular flexibility index (Phi) is 4.74. The van der Waals surface area contributed by atoms with Crippen molar-refractivity contribution in [3.05, 3.63) is 36.8 Å². The lowest BCUT2D eigenvalue weighted by Gasteiger charge is -2.36. The summed E-state index contributed by atoms with van der Waals surface area (Å²) in [4.78, 5) is 31.9. The zero-order valence-corrected chi connectivity index (χ0v) is 14.4. The van der Waals surface area contributed by atoms with Crippen LogP contribution in [0, 0.1) is 0 Å². The molecule has 1 aromatic carbocycles. The topological polar surface area (TPSA) is 78.7 Å². The molecule has 0 radical (unpaired) electrons. The van der Waals surface area contributed by atoms with E-state index < -0.39 is 0 Å². The number of aromatic nitrogens is 2. The Morgan fingerprint density at radius 3 is 2.44 bits per heavy atom. The number of benzene rings is 1. The molecule has 1 aliphatic heterocycles. The summed E-state index contributed by atoms with van der Waals surface area (Å²) in [5, 5.41) is 9.36. The van der Waals surface area contributed by atoms with Gasteiger partial charge in [-0.2, -0.15) is 0 Å². The molecule has 1 saturated heterocycles. The number of nitrogens with zero attached hydrogens (tertiary/aromatic N) is 4. The van der Waals surface area contributed by atoms with Crippen molar-refractivity contribution in [1.29, 1.82) is 0 Å². The molecule has 1 aliphatic rings. The van der Waals surface area contributed by atoms with Gasteiger partial charge in [-0.3, -0.25) is 9.36 Å². The van der Waals surface area contributed by atoms with Crippen molar-refractivity contribution >= 4 is 11.9 Å². The number of hydrogen-bond acceptors (Lipinski definition) is 4. The molecule has 3 rings (SSSR count). The highest BCUT2D eigenvalue weighted by molar-refractivity contribution is 5.78. The third kappa shape index (κ3) is 3.65. The van der Waals surface area contributed by atoms with Crippen LogP contribution in [0.1, 0.15) is 19.8 Å². The fourth-order valence-electron chi connectivity index (χ4n) is 3.12. The van der Waals surface area contributed by atoms with Gasteiger partial charge in [-0.1, -0.05) is 0 Å². The Morgan fingerprint density at radius 1 is 1.20 bits per heavy atom. The summed E-state index contributed by atoms with van der Waals surface area (Å²) >= 11 is 0. The molecule has 132 valence electrons. The summed E-state index contributed by atoms with van der Waals surface area (Å²) in [7, 11) is 1.79. The zero-order valence-electron chi connectivity index (χ0n) is 14.4. The number of carbonyl (C=O) groups excluding carboxylic acids is 2. The maximum Gasteiger partial charge on any atom is 0.329 e. The minimum atomic E-state index is -0.140. The van der Waals surface area contributed by atoms with Crippen molar-refractivity contribution in [3.63, 3.8) is 0 Å². The van der Waals surface area contributed by atoms with Gasteiger partial charge in [0.05, 0.1) is 5.69 Å². The number of phenols is 1. The number of rotatable bonds is 2. The van der Waals surface area contributed by atoms with Crippen LogP contribution in [0.2, 0.25) is 0 Å². The van der Waals surface area contributed by atoms with Crippen molar-refractivity contribution in [2.45, 2.75) is 25.8 Å². The predicted octanol–water partition coefficient (Wildman–Crippen LogP) is 2.17. The Bertz CT molecular complexity index is 761. The number of carbonyl (C=O) groups is 2. The number of imidazole rings is 1. The molecular formula is C18H22N4O3. The lowest BCUT2D eigenvalue weighted by molar-refractivity contribution is -0.130. The van der Waals surface area contributed by atoms with Gasteiger partial charge in [-0.05, 0) is 37.1 Å². The maximum absolute atomic E-state index is 12.7. The van der Waals surface area contributed by atoms with Crippen LogP contribution in [-0.4, -0.2) is 62.6 Å². The maximum atomic E-state index is 12.7. The Morgan fingerprint density at radius 2 is 1.84 bits per heavy atom. The van der Waals surface area contributed by atoms with Crippen molar-refractivity contribution in [2.75, 3.05) is 20.1 Å². The number of likely N-dealkylation sites (tertiary alicyclic amines) is 1. The van der Waals surface area contributed by atoms with Crippen LogP contribution in [-0.2, 0) is 4.79 Å². The van der Waals surface area contributed by atoms with Crippen molar-refractivity contribution in [2.24, 2.45) is 0 Å². The van der Waals surface area contributed by atoms with Gasteiger partial charge in [-0.25, -0.2) is 9.78 Å². The van der Waals surface area contributed by atoms with Gasteiger partial charge < -0.3 is 14.9 Å². The normalized spacial score (nSPS) is 15.2. The van der Waals surface area contributed by atoms with Crippen molar-refractivity contribution < 1.29 is 14.7 Å². The molecule has 0 saturated carbocycles. The smallest absolute Gasteiger partial charge is 0.329 e. The molecule has 2 heterocycles. The summed E-state index contributed by atoms with van der Waals surface area (Å²) in [6.45, 7) is 2.94. The Hall–Kier alpha value is -2.83. The second-order valence-corrected chi connectivity index (χ2v) is 6.34. The molecule has 0 atom stereocenters. The first-order chi connectivity index (χ1) is 12.0. The van der Waals surface area contributed by atoms with Crippen LogP contribution in [0.25, 0.3) is 11.3 Å². The molecule has 0 bridgehead atoms. The largest absolute Gasteiger partial charge is 0.508 e. The van der Waals surface area contributed by atoms with Crippen LogP contribution < -0.4 is 0 Å². The van der Waals surface area contributed by atoms with Gasteiger partial charge in [0.1, 0.15) is 12.1 Å². The lowest BCUT2D eigenvalue weighted by atomic mass is 10.0. The minimum absolute atomic E-state index is 0.0839. The summed E-state index contributed by atoms with van der Waals surface area (Å²) < 4.78 is 1.47. The van der Waals surface area contributed by atoms with Crippen LogP contribution in [0.5, 0.6) is 5.75 Å². The average Bonchev–Trinajstić information content (AvgIpc) is 3.11. The number of phenolic OH excluding ortho intramolecular Hbond substituents is 1. The molecular weight excluding hydrogens is 320 g/mol.